The molecule has 1 atom stereocenters. The number of hydrogen-bond donors (Lipinski definition) is 3. The molecule has 0 spiro atoms. The molecule has 0 aliphatic carbocycles. The topological polar surface area (TPSA) is 76.1 Å². The minimum Gasteiger partial charge on any atom is -0.385 e. The second-order valence-electron chi connectivity index (χ2n) is 2.87. The van der Waals surface area contributed by atoms with Crippen molar-refractivity contribution < 1.29 is 5.11 Å². The Bertz CT molecular complexity index is 271. The number of rotatable bonds is 4. The van der Waals surface area contributed by atoms with Crippen LogP contribution in [0.3, 0.4) is 0 Å². The van der Waals surface area contributed by atoms with Crippen LogP contribution in [0.5, 0.6) is 0 Å². The van der Waals surface area contributed by atoms with Crippen molar-refractivity contribution in [2.45, 2.75) is 19.6 Å². The third-order valence-electron chi connectivity index (χ3n) is 1.96. The number of aromatic nitrogens is 2. The van der Waals surface area contributed by atoms with E-state index in [9.17, 15) is 5.11 Å². The van der Waals surface area contributed by atoms with Crippen molar-refractivity contribution in [3.8, 4) is 0 Å². The summed E-state index contributed by atoms with van der Waals surface area (Å²) in [5.41, 5.74) is 6.32. The Labute approximate surface area is 77.6 Å². The lowest BCUT2D eigenvalue weighted by Gasteiger charge is -2.12. The SMILES string of the molecule is CCn1cnc(N)c1C(O)CNC. The Balaban J connectivity index is 2.89. The van der Waals surface area contributed by atoms with Gasteiger partial charge in [-0.2, -0.15) is 0 Å². The maximum Gasteiger partial charge on any atom is 0.147 e. The normalized spacial score (nSPS) is 13.2. The molecule has 0 radical (unpaired) electrons. The largest absolute Gasteiger partial charge is 0.385 e. The molecule has 0 saturated carbocycles. The van der Waals surface area contributed by atoms with Gasteiger partial charge in [-0.1, -0.05) is 0 Å². The van der Waals surface area contributed by atoms with Gasteiger partial charge in [0.25, 0.3) is 0 Å². The van der Waals surface area contributed by atoms with Crippen LogP contribution in [0.25, 0.3) is 0 Å². The zero-order valence-electron chi connectivity index (χ0n) is 7.99. The van der Waals surface area contributed by atoms with E-state index in [1.165, 1.54) is 0 Å². The quantitative estimate of drug-likeness (QED) is 0.602. The number of nitrogens with two attached hydrogens (primary N) is 1. The summed E-state index contributed by atoms with van der Waals surface area (Å²) in [7, 11) is 1.78. The van der Waals surface area contributed by atoms with Crippen molar-refractivity contribution in [2.75, 3.05) is 19.3 Å². The average molecular weight is 184 g/mol. The number of nitrogen functional groups attached to an aromatic ring is 1. The minimum atomic E-state index is -0.590. The van der Waals surface area contributed by atoms with E-state index in [-0.39, 0.29) is 0 Å². The van der Waals surface area contributed by atoms with Crippen molar-refractivity contribution in [3.63, 3.8) is 0 Å². The average Bonchev–Trinajstić information content (AvgIpc) is 2.47. The van der Waals surface area contributed by atoms with Gasteiger partial charge in [0, 0.05) is 13.1 Å². The molecule has 1 rings (SSSR count). The fourth-order valence-corrected chi connectivity index (χ4v) is 1.31. The van der Waals surface area contributed by atoms with Gasteiger partial charge in [0.05, 0.1) is 12.0 Å². The highest BCUT2D eigenvalue weighted by atomic mass is 16.3. The van der Waals surface area contributed by atoms with Gasteiger partial charge in [0.1, 0.15) is 11.9 Å². The molecule has 0 aliphatic rings. The molecule has 1 unspecified atom stereocenters. The first kappa shape index (κ1) is 10.0. The van der Waals surface area contributed by atoms with Gasteiger partial charge < -0.3 is 20.7 Å². The smallest absolute Gasteiger partial charge is 0.147 e. The molecule has 74 valence electrons. The standard InChI is InChI=1S/C8H16N4O/c1-3-12-5-11-8(9)7(12)6(13)4-10-2/h5-6,10,13H,3-4,9H2,1-2H3. The van der Waals surface area contributed by atoms with Gasteiger partial charge in [-0.3, -0.25) is 0 Å². The van der Waals surface area contributed by atoms with Gasteiger partial charge in [0.2, 0.25) is 0 Å². The van der Waals surface area contributed by atoms with Crippen molar-refractivity contribution in [1.29, 1.82) is 0 Å². The van der Waals surface area contributed by atoms with Gasteiger partial charge in [-0.05, 0) is 14.0 Å². The lowest BCUT2D eigenvalue weighted by Crippen LogP contribution is -2.20. The predicted octanol–water partition coefficient (Wildman–Crippen LogP) is -0.262. The van der Waals surface area contributed by atoms with Crippen LogP contribution < -0.4 is 11.1 Å². The number of imidazole rings is 1. The first-order valence-corrected chi connectivity index (χ1v) is 4.33. The van der Waals surface area contributed by atoms with Crippen molar-refractivity contribution in [2.24, 2.45) is 0 Å². The third kappa shape index (κ3) is 1.99. The second-order valence-corrected chi connectivity index (χ2v) is 2.87. The van der Waals surface area contributed by atoms with Gasteiger partial charge in [-0.15, -0.1) is 0 Å². The first-order chi connectivity index (χ1) is 6.20. The van der Waals surface area contributed by atoms with Gasteiger partial charge in [0.15, 0.2) is 0 Å². The van der Waals surface area contributed by atoms with Gasteiger partial charge >= 0.3 is 0 Å². The van der Waals surface area contributed by atoms with E-state index in [0.29, 0.717) is 18.1 Å². The summed E-state index contributed by atoms with van der Waals surface area (Å²) >= 11 is 0. The predicted molar refractivity (Wildman–Crippen MR) is 51.2 cm³/mol. The summed E-state index contributed by atoms with van der Waals surface area (Å²) in [6.45, 7) is 3.23. The van der Waals surface area contributed by atoms with Crippen LogP contribution >= 0.6 is 0 Å². The van der Waals surface area contributed by atoms with Crippen LogP contribution in [0.2, 0.25) is 0 Å². The molecule has 5 heteroatoms. The van der Waals surface area contributed by atoms with E-state index in [0.717, 1.165) is 6.54 Å². The molecule has 1 heterocycles. The van der Waals surface area contributed by atoms with E-state index in [1.807, 2.05) is 11.5 Å². The van der Waals surface area contributed by atoms with Crippen molar-refractivity contribution in [3.05, 3.63) is 12.0 Å². The molecule has 0 bridgehead atoms. The highest BCUT2D eigenvalue weighted by molar-refractivity contribution is 5.36. The Kier molecular flexibility index (Phi) is 3.27. The Morgan fingerprint density at radius 3 is 3.00 bits per heavy atom. The van der Waals surface area contributed by atoms with Crippen LogP contribution in [-0.4, -0.2) is 28.3 Å². The maximum atomic E-state index is 9.70. The Hall–Kier alpha value is -1.07. The minimum absolute atomic E-state index is 0.407. The molecule has 1 aromatic rings. The van der Waals surface area contributed by atoms with E-state index in [1.54, 1.807) is 13.4 Å². The molecule has 0 fully saturated rings. The van der Waals surface area contributed by atoms with Crippen molar-refractivity contribution in [1.82, 2.24) is 14.9 Å². The molecule has 0 aliphatic heterocycles. The highest BCUT2D eigenvalue weighted by Crippen LogP contribution is 2.18. The molecule has 5 nitrogen and oxygen atoms in total. The van der Waals surface area contributed by atoms with Crippen LogP contribution in [0.1, 0.15) is 18.7 Å². The molecule has 0 aromatic carbocycles. The highest BCUT2D eigenvalue weighted by Gasteiger charge is 2.15. The number of hydrogen-bond acceptors (Lipinski definition) is 4. The van der Waals surface area contributed by atoms with E-state index < -0.39 is 6.10 Å². The molecule has 4 N–H and O–H groups in total. The molecular formula is C8H16N4O. The van der Waals surface area contributed by atoms with Crippen molar-refractivity contribution >= 4 is 5.82 Å². The molecule has 13 heavy (non-hydrogen) atoms. The van der Waals surface area contributed by atoms with Gasteiger partial charge in [-0.25, -0.2) is 4.98 Å². The van der Waals surface area contributed by atoms with Crippen LogP contribution in [0.4, 0.5) is 5.82 Å². The number of anilines is 1. The summed E-state index contributed by atoms with van der Waals surface area (Å²) in [5.74, 6) is 0.407. The Morgan fingerprint density at radius 1 is 1.77 bits per heavy atom. The lowest BCUT2D eigenvalue weighted by molar-refractivity contribution is 0.169. The summed E-state index contributed by atoms with van der Waals surface area (Å²) in [4.78, 5) is 3.94. The first-order valence-electron chi connectivity index (χ1n) is 4.33. The molecule has 1 aromatic heterocycles. The fourth-order valence-electron chi connectivity index (χ4n) is 1.31. The van der Waals surface area contributed by atoms with Crippen LogP contribution in [-0.2, 0) is 6.54 Å². The number of likely N-dealkylation sites (N-methyl/N-ethyl adjacent to an activating group) is 1. The zero-order chi connectivity index (χ0) is 9.84. The fraction of sp³-hybridized carbons (Fsp3) is 0.625. The summed E-state index contributed by atoms with van der Waals surface area (Å²) in [5, 5.41) is 12.6. The van der Waals surface area contributed by atoms with Crippen LogP contribution in [0, 0.1) is 0 Å². The third-order valence-corrected chi connectivity index (χ3v) is 1.96. The van der Waals surface area contributed by atoms with E-state index in [4.69, 9.17) is 5.73 Å². The number of aryl methyl sites for hydroxylation is 1. The summed E-state index contributed by atoms with van der Waals surface area (Å²) < 4.78 is 1.84. The monoisotopic (exact) mass is 184 g/mol. The number of nitrogens with one attached hydrogen (secondary N) is 1. The Morgan fingerprint density at radius 2 is 2.46 bits per heavy atom. The van der Waals surface area contributed by atoms with E-state index >= 15 is 0 Å². The van der Waals surface area contributed by atoms with Crippen LogP contribution in [0.15, 0.2) is 6.33 Å². The summed E-state index contributed by atoms with van der Waals surface area (Å²) in [6, 6.07) is 0. The molecule has 0 saturated heterocycles. The molecular weight excluding hydrogens is 168 g/mol. The number of nitrogens with zero attached hydrogens (tertiary/aromatic N) is 2. The summed E-state index contributed by atoms with van der Waals surface area (Å²) in [6.07, 6.45) is 1.05. The number of aliphatic hydroxyl groups excluding tert-OH is 1. The number of aliphatic hydroxyl groups is 1. The second kappa shape index (κ2) is 4.25. The molecule has 0 amide bonds. The maximum absolute atomic E-state index is 9.70. The lowest BCUT2D eigenvalue weighted by atomic mass is 10.2. The van der Waals surface area contributed by atoms with E-state index in [2.05, 4.69) is 10.3 Å². The zero-order valence-corrected chi connectivity index (χ0v) is 7.99.